The molecule has 0 aliphatic rings. The third-order valence-electron chi connectivity index (χ3n) is 3.00. The van der Waals surface area contributed by atoms with E-state index in [0.29, 0.717) is 23.5 Å². The zero-order valence-corrected chi connectivity index (χ0v) is 11.4. The molecule has 2 N–H and O–H groups in total. The van der Waals surface area contributed by atoms with Crippen LogP contribution in [0.2, 0.25) is 0 Å². The number of hydrogen-bond donors (Lipinski definition) is 1. The van der Waals surface area contributed by atoms with E-state index in [1.165, 1.54) is 12.1 Å². The lowest BCUT2D eigenvalue weighted by molar-refractivity contribution is -0.137. The summed E-state index contributed by atoms with van der Waals surface area (Å²) in [4.78, 5) is 4.02. The van der Waals surface area contributed by atoms with E-state index < -0.39 is 17.8 Å². The number of nitrogens with two attached hydrogens (primary N) is 1. The first kappa shape index (κ1) is 15.3. The summed E-state index contributed by atoms with van der Waals surface area (Å²) in [6.07, 6.45) is -1.21. The highest BCUT2D eigenvalue weighted by Gasteiger charge is 2.30. The van der Waals surface area contributed by atoms with Gasteiger partial charge in [-0.2, -0.15) is 13.2 Å². The first-order valence-corrected chi connectivity index (χ1v) is 6.42. The molecule has 0 saturated heterocycles. The van der Waals surface area contributed by atoms with E-state index in [0.717, 1.165) is 12.1 Å². The molecular weight excluding hydrogens is 281 g/mol. The largest absolute Gasteiger partial charge is 0.492 e. The second-order valence-electron chi connectivity index (χ2n) is 4.48. The van der Waals surface area contributed by atoms with Gasteiger partial charge in [-0.3, -0.25) is 4.98 Å². The molecular formula is C15H15F3N2O. The Kier molecular flexibility index (Phi) is 4.47. The molecule has 0 spiro atoms. The fraction of sp³-hybridized carbons (Fsp3) is 0.267. The molecule has 0 fully saturated rings. The van der Waals surface area contributed by atoms with Gasteiger partial charge in [0.25, 0.3) is 0 Å². The highest BCUT2D eigenvalue weighted by atomic mass is 19.4. The molecule has 21 heavy (non-hydrogen) atoms. The van der Waals surface area contributed by atoms with Crippen molar-refractivity contribution in [2.24, 2.45) is 5.73 Å². The lowest BCUT2D eigenvalue weighted by Crippen LogP contribution is -2.13. The van der Waals surface area contributed by atoms with Gasteiger partial charge in [0.15, 0.2) is 0 Å². The van der Waals surface area contributed by atoms with Crippen molar-refractivity contribution in [3.63, 3.8) is 0 Å². The smallest absolute Gasteiger partial charge is 0.416 e. The van der Waals surface area contributed by atoms with Crippen molar-refractivity contribution in [2.45, 2.75) is 19.1 Å². The van der Waals surface area contributed by atoms with Crippen LogP contribution in [0.4, 0.5) is 13.2 Å². The number of benzene rings is 1. The van der Waals surface area contributed by atoms with Gasteiger partial charge in [-0.25, -0.2) is 0 Å². The molecule has 1 atom stereocenters. The number of pyridine rings is 1. The number of aromatic nitrogens is 1. The van der Waals surface area contributed by atoms with Gasteiger partial charge >= 0.3 is 6.18 Å². The monoisotopic (exact) mass is 296 g/mol. The van der Waals surface area contributed by atoms with Gasteiger partial charge in [0, 0.05) is 6.20 Å². The number of rotatable bonds is 4. The van der Waals surface area contributed by atoms with Crippen LogP contribution in [-0.4, -0.2) is 11.6 Å². The second kappa shape index (κ2) is 6.13. The Morgan fingerprint density at radius 3 is 2.38 bits per heavy atom. The first-order chi connectivity index (χ1) is 9.91. The molecule has 112 valence electrons. The van der Waals surface area contributed by atoms with Gasteiger partial charge < -0.3 is 10.5 Å². The summed E-state index contributed by atoms with van der Waals surface area (Å²) in [5.74, 6) is 0.581. The molecule has 2 rings (SSSR count). The molecule has 2 aromatic rings. The SMILES string of the molecule is CCOc1cncc(C(N)c2ccc(C(F)(F)F)cc2)c1. The maximum absolute atomic E-state index is 12.5. The standard InChI is InChI=1S/C15H15F3N2O/c1-2-21-13-7-11(8-20-9-13)14(19)10-3-5-12(6-4-10)15(16,17)18/h3-9,14H,2,19H2,1H3. The summed E-state index contributed by atoms with van der Waals surface area (Å²) >= 11 is 0. The third-order valence-corrected chi connectivity index (χ3v) is 3.00. The third kappa shape index (κ3) is 3.72. The minimum atomic E-state index is -4.35. The lowest BCUT2D eigenvalue weighted by Gasteiger charge is -2.14. The van der Waals surface area contributed by atoms with Gasteiger partial charge in [0.1, 0.15) is 5.75 Å². The molecule has 1 heterocycles. The molecule has 1 aromatic carbocycles. The molecule has 3 nitrogen and oxygen atoms in total. The first-order valence-electron chi connectivity index (χ1n) is 6.42. The minimum absolute atomic E-state index is 0.501. The highest BCUT2D eigenvalue weighted by Crippen LogP contribution is 2.30. The zero-order chi connectivity index (χ0) is 15.5. The van der Waals surface area contributed by atoms with Gasteiger partial charge in [0.2, 0.25) is 0 Å². The van der Waals surface area contributed by atoms with Gasteiger partial charge in [-0.1, -0.05) is 12.1 Å². The molecule has 1 unspecified atom stereocenters. The van der Waals surface area contributed by atoms with Crippen LogP contribution < -0.4 is 10.5 Å². The fourth-order valence-corrected chi connectivity index (χ4v) is 1.92. The molecule has 0 bridgehead atoms. The molecule has 1 aromatic heterocycles. The zero-order valence-electron chi connectivity index (χ0n) is 11.4. The van der Waals surface area contributed by atoms with Crippen molar-refractivity contribution in [3.05, 3.63) is 59.4 Å². The maximum atomic E-state index is 12.5. The van der Waals surface area contributed by atoms with Crippen LogP contribution in [0.5, 0.6) is 5.75 Å². The van der Waals surface area contributed by atoms with Crippen molar-refractivity contribution in [3.8, 4) is 5.75 Å². The minimum Gasteiger partial charge on any atom is -0.492 e. The summed E-state index contributed by atoms with van der Waals surface area (Å²) in [7, 11) is 0. The Morgan fingerprint density at radius 1 is 1.14 bits per heavy atom. The van der Waals surface area contributed by atoms with E-state index in [9.17, 15) is 13.2 Å². The normalized spacial score (nSPS) is 13.0. The summed E-state index contributed by atoms with van der Waals surface area (Å²) in [6.45, 7) is 2.35. The number of ether oxygens (including phenoxy) is 1. The van der Waals surface area contributed by atoms with Crippen molar-refractivity contribution in [1.29, 1.82) is 0 Å². The molecule has 0 radical (unpaired) electrons. The summed E-state index contributed by atoms with van der Waals surface area (Å²) in [5, 5.41) is 0. The lowest BCUT2D eigenvalue weighted by atomic mass is 10.00. The molecule has 0 amide bonds. The Morgan fingerprint density at radius 2 is 1.81 bits per heavy atom. The van der Waals surface area contributed by atoms with E-state index in [-0.39, 0.29) is 0 Å². The van der Waals surface area contributed by atoms with Crippen LogP contribution >= 0.6 is 0 Å². The van der Waals surface area contributed by atoms with Gasteiger partial charge in [-0.15, -0.1) is 0 Å². The number of halogens is 3. The molecule has 6 heteroatoms. The molecule has 0 aliphatic carbocycles. The Labute approximate surface area is 120 Å². The molecule has 0 saturated carbocycles. The van der Waals surface area contributed by atoms with E-state index in [4.69, 9.17) is 10.5 Å². The summed E-state index contributed by atoms with van der Waals surface area (Å²) in [5.41, 5.74) is 6.63. The maximum Gasteiger partial charge on any atom is 0.416 e. The summed E-state index contributed by atoms with van der Waals surface area (Å²) in [6, 6.07) is 5.98. The van der Waals surface area contributed by atoms with Crippen LogP contribution in [0, 0.1) is 0 Å². The van der Waals surface area contributed by atoms with Crippen LogP contribution in [0.15, 0.2) is 42.7 Å². The van der Waals surface area contributed by atoms with Crippen molar-refractivity contribution in [1.82, 2.24) is 4.98 Å². The van der Waals surface area contributed by atoms with E-state index in [2.05, 4.69) is 4.98 Å². The Balaban J connectivity index is 2.23. The highest BCUT2D eigenvalue weighted by molar-refractivity contribution is 5.35. The van der Waals surface area contributed by atoms with Gasteiger partial charge in [0.05, 0.1) is 24.4 Å². The topological polar surface area (TPSA) is 48.1 Å². The van der Waals surface area contributed by atoms with E-state index in [1.54, 1.807) is 18.5 Å². The predicted octanol–water partition coefficient (Wildman–Crippen LogP) is 3.55. The van der Waals surface area contributed by atoms with E-state index in [1.807, 2.05) is 6.92 Å². The second-order valence-corrected chi connectivity index (χ2v) is 4.48. The van der Waals surface area contributed by atoms with E-state index >= 15 is 0 Å². The molecule has 0 aliphatic heterocycles. The van der Waals surface area contributed by atoms with Crippen molar-refractivity contribution in [2.75, 3.05) is 6.61 Å². The van der Waals surface area contributed by atoms with Crippen LogP contribution in [-0.2, 0) is 6.18 Å². The predicted molar refractivity (Wildman–Crippen MR) is 72.9 cm³/mol. The number of alkyl halides is 3. The summed E-state index contributed by atoms with van der Waals surface area (Å²) < 4.78 is 42.9. The number of nitrogens with zero attached hydrogens (tertiary/aromatic N) is 1. The van der Waals surface area contributed by atoms with Crippen molar-refractivity contribution >= 4 is 0 Å². The number of hydrogen-bond acceptors (Lipinski definition) is 3. The Bertz CT molecular complexity index is 597. The van der Waals surface area contributed by atoms with Crippen molar-refractivity contribution < 1.29 is 17.9 Å². The van der Waals surface area contributed by atoms with Gasteiger partial charge in [-0.05, 0) is 36.2 Å². The fourth-order valence-electron chi connectivity index (χ4n) is 1.92. The Hall–Kier alpha value is -2.08. The average Bonchev–Trinajstić information content (AvgIpc) is 2.46. The van der Waals surface area contributed by atoms with Crippen LogP contribution in [0.1, 0.15) is 29.7 Å². The average molecular weight is 296 g/mol. The van der Waals surface area contributed by atoms with Crippen LogP contribution in [0.3, 0.4) is 0 Å². The quantitative estimate of drug-likeness (QED) is 0.938. The van der Waals surface area contributed by atoms with Crippen LogP contribution in [0.25, 0.3) is 0 Å².